The van der Waals surface area contributed by atoms with Gasteiger partial charge in [0.15, 0.2) is 0 Å². The van der Waals surface area contributed by atoms with Crippen molar-refractivity contribution in [3.8, 4) is 11.5 Å². The van der Waals surface area contributed by atoms with Crippen LogP contribution in [0.15, 0.2) is 42.5 Å². The number of rotatable bonds is 6. The first-order chi connectivity index (χ1) is 11.0. The number of carboxylic acid groups (broad SMARTS) is 1. The van der Waals surface area contributed by atoms with Gasteiger partial charge in [0.25, 0.3) is 0 Å². The summed E-state index contributed by atoms with van der Waals surface area (Å²) >= 11 is 6.08. The van der Waals surface area contributed by atoms with Crippen LogP contribution >= 0.6 is 11.6 Å². The van der Waals surface area contributed by atoms with Crippen LogP contribution in [-0.4, -0.2) is 24.8 Å². The molecule has 0 saturated carbocycles. The lowest BCUT2D eigenvalue weighted by atomic mass is 10.0. The number of carbonyl (C=O) groups is 1. The van der Waals surface area contributed by atoms with E-state index >= 15 is 0 Å². The molecule has 0 fully saturated rings. The molecule has 0 amide bonds. The third-order valence-corrected chi connectivity index (χ3v) is 3.47. The second kappa shape index (κ2) is 7.70. The van der Waals surface area contributed by atoms with Crippen LogP contribution in [0.5, 0.6) is 11.5 Å². The fourth-order valence-corrected chi connectivity index (χ4v) is 2.39. The third-order valence-electron chi connectivity index (χ3n) is 3.17. The highest BCUT2D eigenvalue weighted by Crippen LogP contribution is 2.29. The van der Waals surface area contributed by atoms with Crippen LogP contribution < -0.4 is 9.47 Å². The van der Waals surface area contributed by atoms with Crippen LogP contribution in [0.4, 0.5) is 0 Å². The van der Waals surface area contributed by atoms with E-state index in [-0.39, 0.29) is 5.57 Å². The average Bonchev–Trinajstić information content (AvgIpc) is 2.53. The number of methoxy groups -OCH3 is 1. The molecule has 0 aromatic heterocycles. The zero-order chi connectivity index (χ0) is 16.8. The van der Waals surface area contributed by atoms with Gasteiger partial charge in [0.05, 0.1) is 24.3 Å². The van der Waals surface area contributed by atoms with Crippen LogP contribution in [-0.2, 0) is 4.79 Å². The highest BCUT2D eigenvalue weighted by molar-refractivity contribution is 6.32. The highest BCUT2D eigenvalue weighted by atomic mass is 35.5. The minimum absolute atomic E-state index is 0.142. The Morgan fingerprint density at radius 1 is 1.26 bits per heavy atom. The van der Waals surface area contributed by atoms with Gasteiger partial charge >= 0.3 is 5.97 Å². The van der Waals surface area contributed by atoms with Gasteiger partial charge in [0, 0.05) is 0 Å². The van der Waals surface area contributed by atoms with Crippen molar-refractivity contribution in [3.63, 3.8) is 0 Å². The number of carboxylic acids is 1. The van der Waals surface area contributed by atoms with Crippen LogP contribution in [0.3, 0.4) is 0 Å². The number of benzene rings is 2. The molecule has 0 saturated heterocycles. The van der Waals surface area contributed by atoms with Gasteiger partial charge in [0.2, 0.25) is 0 Å². The summed E-state index contributed by atoms with van der Waals surface area (Å²) in [6, 6.07) is 12.1. The Hall–Kier alpha value is -2.46. The molecule has 5 heteroatoms. The van der Waals surface area contributed by atoms with E-state index in [4.69, 9.17) is 21.1 Å². The van der Waals surface area contributed by atoms with Gasteiger partial charge in [-0.3, -0.25) is 0 Å². The number of halogens is 1. The summed E-state index contributed by atoms with van der Waals surface area (Å²) in [4.78, 5) is 11.6. The first kappa shape index (κ1) is 16.9. The molecule has 0 atom stereocenters. The molecule has 2 rings (SSSR count). The molecule has 0 bridgehead atoms. The number of hydrogen-bond acceptors (Lipinski definition) is 3. The van der Waals surface area contributed by atoms with E-state index in [2.05, 4.69) is 0 Å². The molecule has 120 valence electrons. The predicted octanol–water partition coefficient (Wildman–Crippen LogP) is 4.37. The summed E-state index contributed by atoms with van der Waals surface area (Å²) < 4.78 is 10.5. The average molecular weight is 333 g/mol. The topological polar surface area (TPSA) is 55.8 Å². The first-order valence-electron chi connectivity index (χ1n) is 7.07. The van der Waals surface area contributed by atoms with Crippen molar-refractivity contribution in [2.45, 2.75) is 6.92 Å². The lowest BCUT2D eigenvalue weighted by Crippen LogP contribution is -2.00. The smallest absolute Gasteiger partial charge is 0.336 e. The van der Waals surface area contributed by atoms with E-state index in [1.165, 1.54) is 7.11 Å². The maximum Gasteiger partial charge on any atom is 0.336 e. The molecule has 1 N–H and O–H groups in total. The number of hydrogen-bond donors (Lipinski definition) is 1. The summed E-state index contributed by atoms with van der Waals surface area (Å²) in [6.45, 7) is 2.44. The van der Waals surface area contributed by atoms with Crippen molar-refractivity contribution in [2.75, 3.05) is 13.7 Å². The van der Waals surface area contributed by atoms with Gasteiger partial charge in [0.1, 0.15) is 11.5 Å². The lowest BCUT2D eigenvalue weighted by Gasteiger charge is -2.08. The molecule has 0 heterocycles. The van der Waals surface area contributed by atoms with Crippen molar-refractivity contribution >= 4 is 29.2 Å². The quantitative estimate of drug-likeness (QED) is 0.630. The summed E-state index contributed by atoms with van der Waals surface area (Å²) in [5.74, 6) is 0.158. The molecule has 0 aliphatic rings. The summed E-state index contributed by atoms with van der Waals surface area (Å²) in [7, 11) is 1.51. The van der Waals surface area contributed by atoms with E-state index in [1.54, 1.807) is 30.3 Å². The monoisotopic (exact) mass is 332 g/mol. The molecular formula is C18H17ClO4. The van der Waals surface area contributed by atoms with E-state index in [0.717, 1.165) is 5.56 Å². The van der Waals surface area contributed by atoms with Crippen molar-refractivity contribution in [3.05, 3.63) is 58.6 Å². The minimum Gasteiger partial charge on any atom is -0.495 e. The van der Waals surface area contributed by atoms with Gasteiger partial charge in [-0.2, -0.15) is 0 Å². The van der Waals surface area contributed by atoms with E-state index in [9.17, 15) is 9.90 Å². The zero-order valence-corrected chi connectivity index (χ0v) is 13.6. The van der Waals surface area contributed by atoms with E-state index in [0.29, 0.717) is 28.7 Å². The molecule has 4 nitrogen and oxygen atoms in total. The summed E-state index contributed by atoms with van der Waals surface area (Å²) in [5, 5.41) is 9.87. The molecule has 2 aromatic carbocycles. The standard InChI is InChI=1S/C18H17ClO4/c1-3-23-14-6-4-5-12(9-14)10-15(18(20)21)13-7-8-17(22-2)16(19)11-13/h4-11H,3H2,1-2H3,(H,20,21)/b15-10-. The highest BCUT2D eigenvalue weighted by Gasteiger charge is 2.13. The summed E-state index contributed by atoms with van der Waals surface area (Å²) in [6.07, 6.45) is 1.59. The molecule has 0 spiro atoms. The number of ether oxygens (including phenoxy) is 2. The van der Waals surface area contributed by atoms with Crippen LogP contribution in [0.2, 0.25) is 5.02 Å². The first-order valence-corrected chi connectivity index (χ1v) is 7.44. The van der Waals surface area contributed by atoms with Crippen molar-refractivity contribution < 1.29 is 19.4 Å². The largest absolute Gasteiger partial charge is 0.495 e. The zero-order valence-electron chi connectivity index (χ0n) is 12.9. The van der Waals surface area contributed by atoms with Crippen molar-refractivity contribution in [1.82, 2.24) is 0 Å². The maximum absolute atomic E-state index is 11.6. The van der Waals surface area contributed by atoms with Crippen molar-refractivity contribution in [1.29, 1.82) is 0 Å². The SMILES string of the molecule is CCOc1cccc(/C=C(\C(=O)O)c2ccc(OC)c(Cl)c2)c1. The second-order valence-corrected chi connectivity index (χ2v) is 5.13. The van der Waals surface area contributed by atoms with Gasteiger partial charge in [-0.1, -0.05) is 29.8 Å². The summed E-state index contributed by atoms with van der Waals surface area (Å²) in [5.41, 5.74) is 1.38. The molecule has 0 unspecified atom stereocenters. The van der Waals surface area contributed by atoms with Crippen molar-refractivity contribution in [2.24, 2.45) is 0 Å². The normalized spacial score (nSPS) is 11.2. The van der Waals surface area contributed by atoms with Gasteiger partial charge in [-0.25, -0.2) is 4.79 Å². The predicted molar refractivity (Wildman–Crippen MR) is 91.1 cm³/mol. The Morgan fingerprint density at radius 3 is 2.65 bits per heavy atom. The Labute approximate surface area is 139 Å². The molecule has 0 aliphatic carbocycles. The molecule has 0 radical (unpaired) electrons. The third kappa shape index (κ3) is 4.27. The van der Waals surface area contributed by atoms with E-state index in [1.807, 2.05) is 25.1 Å². The molecule has 2 aromatic rings. The van der Waals surface area contributed by atoms with Gasteiger partial charge in [-0.05, 0) is 48.4 Å². The van der Waals surface area contributed by atoms with E-state index < -0.39 is 5.97 Å². The maximum atomic E-state index is 11.6. The Balaban J connectivity index is 2.44. The van der Waals surface area contributed by atoms with Crippen LogP contribution in [0.25, 0.3) is 11.6 Å². The Kier molecular flexibility index (Phi) is 5.66. The fourth-order valence-electron chi connectivity index (χ4n) is 2.13. The lowest BCUT2D eigenvalue weighted by molar-refractivity contribution is -0.130. The second-order valence-electron chi connectivity index (χ2n) is 4.72. The Morgan fingerprint density at radius 2 is 2.04 bits per heavy atom. The van der Waals surface area contributed by atoms with Gasteiger partial charge in [-0.15, -0.1) is 0 Å². The van der Waals surface area contributed by atoms with Gasteiger partial charge < -0.3 is 14.6 Å². The minimum atomic E-state index is -1.03. The molecular weight excluding hydrogens is 316 g/mol. The number of aliphatic carboxylic acids is 1. The molecule has 0 aliphatic heterocycles. The fraction of sp³-hybridized carbons (Fsp3) is 0.167. The van der Waals surface area contributed by atoms with Crippen LogP contribution in [0.1, 0.15) is 18.1 Å². The molecule has 23 heavy (non-hydrogen) atoms. The van der Waals surface area contributed by atoms with Crippen LogP contribution in [0, 0.1) is 0 Å². The Bertz CT molecular complexity index is 738.